The Morgan fingerprint density at radius 2 is 1.58 bits per heavy atom. The zero-order valence-electron chi connectivity index (χ0n) is 12.7. The molecule has 2 aromatic carbocycles. The van der Waals surface area contributed by atoms with Crippen LogP contribution in [-0.2, 0) is 0 Å². The van der Waals surface area contributed by atoms with Gasteiger partial charge in [-0.3, -0.25) is 25.0 Å². The second-order valence-corrected chi connectivity index (χ2v) is 5.98. The van der Waals surface area contributed by atoms with Gasteiger partial charge >= 0.3 is 0 Å². The molecule has 2 rings (SSSR count). The molecule has 0 unspecified atom stereocenters. The van der Waals surface area contributed by atoms with Crippen LogP contribution in [0, 0.1) is 34.1 Å². The second kappa shape index (κ2) is 6.75. The molecule has 0 radical (unpaired) electrons. The average molecular weight is 394 g/mol. The summed E-state index contributed by atoms with van der Waals surface area (Å²) in [4.78, 5) is 33.0. The number of anilines is 1. The van der Waals surface area contributed by atoms with Crippen molar-refractivity contribution in [2.45, 2.75) is 13.8 Å². The number of nitrogens with zero attached hydrogens (tertiary/aromatic N) is 2. The molecule has 0 atom stereocenters. The van der Waals surface area contributed by atoms with Crippen molar-refractivity contribution in [3.8, 4) is 0 Å². The summed E-state index contributed by atoms with van der Waals surface area (Å²) < 4.78 is 0.833. The third-order valence-electron chi connectivity index (χ3n) is 3.45. The number of carbonyl (C=O) groups is 1. The molecule has 0 aliphatic rings. The number of rotatable bonds is 4. The van der Waals surface area contributed by atoms with Crippen LogP contribution in [0.15, 0.2) is 34.8 Å². The maximum absolute atomic E-state index is 12.3. The van der Waals surface area contributed by atoms with Gasteiger partial charge in [-0.05, 0) is 37.6 Å². The molecule has 0 aromatic heterocycles. The highest BCUT2D eigenvalue weighted by Crippen LogP contribution is 2.30. The first kappa shape index (κ1) is 17.5. The molecule has 0 fully saturated rings. The number of nitro benzene ring substituents is 2. The lowest BCUT2D eigenvalue weighted by atomic mass is 10.1. The van der Waals surface area contributed by atoms with Crippen LogP contribution >= 0.6 is 15.9 Å². The van der Waals surface area contributed by atoms with Gasteiger partial charge in [0.1, 0.15) is 5.56 Å². The number of amides is 1. The predicted molar refractivity (Wildman–Crippen MR) is 91.3 cm³/mol. The van der Waals surface area contributed by atoms with E-state index >= 15 is 0 Å². The lowest BCUT2D eigenvalue weighted by Gasteiger charge is -2.09. The Labute approximate surface area is 144 Å². The maximum Gasteiger partial charge on any atom is 0.279 e. The quantitative estimate of drug-likeness (QED) is 0.618. The van der Waals surface area contributed by atoms with Gasteiger partial charge in [-0.25, -0.2) is 0 Å². The Hall–Kier alpha value is -2.81. The lowest BCUT2D eigenvalue weighted by Crippen LogP contribution is -2.14. The first-order chi connectivity index (χ1) is 11.2. The van der Waals surface area contributed by atoms with Crippen LogP contribution in [0.5, 0.6) is 0 Å². The highest BCUT2D eigenvalue weighted by molar-refractivity contribution is 9.10. The van der Waals surface area contributed by atoms with Crippen molar-refractivity contribution in [1.29, 1.82) is 0 Å². The fourth-order valence-electron chi connectivity index (χ4n) is 2.16. The molecule has 124 valence electrons. The number of nitro groups is 2. The number of carbonyl (C=O) groups excluding carboxylic acids is 1. The number of halogens is 1. The predicted octanol–water partition coefficient (Wildman–Crippen LogP) is 4.13. The molecule has 9 heteroatoms. The highest BCUT2D eigenvalue weighted by atomic mass is 79.9. The Bertz CT molecular complexity index is 831. The number of hydrogen-bond acceptors (Lipinski definition) is 5. The van der Waals surface area contributed by atoms with Gasteiger partial charge in [0.25, 0.3) is 17.3 Å². The largest absolute Gasteiger partial charge is 0.322 e. The van der Waals surface area contributed by atoms with Crippen molar-refractivity contribution in [3.05, 3.63) is 71.7 Å². The monoisotopic (exact) mass is 393 g/mol. The lowest BCUT2D eigenvalue weighted by molar-refractivity contribution is -0.395. The normalized spacial score (nSPS) is 10.3. The molecule has 0 saturated carbocycles. The van der Waals surface area contributed by atoms with E-state index in [0.717, 1.165) is 22.2 Å². The minimum atomic E-state index is -0.746. The van der Waals surface area contributed by atoms with Gasteiger partial charge in [0.2, 0.25) is 0 Å². The van der Waals surface area contributed by atoms with E-state index in [1.165, 1.54) is 6.92 Å². The van der Waals surface area contributed by atoms with Crippen molar-refractivity contribution in [3.63, 3.8) is 0 Å². The van der Waals surface area contributed by atoms with Crippen LogP contribution in [0.4, 0.5) is 17.1 Å². The Balaban J connectivity index is 2.45. The number of aryl methyl sites for hydroxylation is 1. The Morgan fingerprint density at radius 1 is 1.04 bits per heavy atom. The second-order valence-electron chi connectivity index (χ2n) is 5.07. The summed E-state index contributed by atoms with van der Waals surface area (Å²) in [5, 5.41) is 24.7. The summed E-state index contributed by atoms with van der Waals surface area (Å²) in [5.41, 5.74) is 0.0920. The summed E-state index contributed by atoms with van der Waals surface area (Å²) in [5.74, 6) is -0.661. The van der Waals surface area contributed by atoms with Crippen LogP contribution in [0.1, 0.15) is 21.5 Å². The molecular weight excluding hydrogens is 382 g/mol. The minimum absolute atomic E-state index is 0.0960. The summed E-state index contributed by atoms with van der Waals surface area (Å²) in [6.45, 7) is 3.05. The van der Waals surface area contributed by atoms with Crippen LogP contribution in [0.2, 0.25) is 0 Å². The smallest absolute Gasteiger partial charge is 0.279 e. The van der Waals surface area contributed by atoms with Gasteiger partial charge in [0.05, 0.1) is 15.4 Å². The molecule has 1 N–H and O–H groups in total. The molecule has 2 aromatic rings. The molecule has 0 saturated heterocycles. The van der Waals surface area contributed by atoms with Crippen LogP contribution < -0.4 is 5.32 Å². The van der Waals surface area contributed by atoms with E-state index in [9.17, 15) is 25.0 Å². The van der Waals surface area contributed by atoms with Gasteiger partial charge in [-0.15, -0.1) is 0 Å². The van der Waals surface area contributed by atoms with E-state index in [2.05, 4.69) is 21.2 Å². The van der Waals surface area contributed by atoms with Crippen molar-refractivity contribution in [1.82, 2.24) is 0 Å². The van der Waals surface area contributed by atoms with E-state index in [1.54, 1.807) is 25.1 Å². The standard InChI is InChI=1S/C15H12BrN3O5/c1-8-5-11(16)3-4-12(8)17-15(20)10-6-13(18(21)22)9(2)14(7-10)19(23)24/h3-7H,1-2H3,(H,17,20). The van der Waals surface area contributed by atoms with Gasteiger partial charge < -0.3 is 5.32 Å². The molecule has 24 heavy (non-hydrogen) atoms. The van der Waals surface area contributed by atoms with Crippen molar-refractivity contribution in [2.24, 2.45) is 0 Å². The fourth-order valence-corrected chi connectivity index (χ4v) is 2.63. The van der Waals surface area contributed by atoms with Crippen LogP contribution in [0.3, 0.4) is 0 Å². The van der Waals surface area contributed by atoms with Crippen molar-refractivity contribution in [2.75, 3.05) is 5.32 Å². The van der Waals surface area contributed by atoms with Crippen LogP contribution in [0.25, 0.3) is 0 Å². The molecule has 0 aliphatic carbocycles. The zero-order chi connectivity index (χ0) is 18.0. The molecule has 8 nitrogen and oxygen atoms in total. The Morgan fingerprint density at radius 3 is 2.04 bits per heavy atom. The Kier molecular flexibility index (Phi) is 4.93. The van der Waals surface area contributed by atoms with Crippen LogP contribution in [-0.4, -0.2) is 15.8 Å². The van der Waals surface area contributed by atoms with E-state index in [0.29, 0.717) is 5.69 Å². The molecule has 0 heterocycles. The maximum atomic E-state index is 12.3. The SMILES string of the molecule is Cc1cc(Br)ccc1NC(=O)c1cc([N+](=O)[O-])c(C)c([N+](=O)[O-])c1. The fraction of sp³-hybridized carbons (Fsp3) is 0.133. The van der Waals surface area contributed by atoms with Gasteiger partial charge in [-0.1, -0.05) is 15.9 Å². The molecule has 0 spiro atoms. The summed E-state index contributed by atoms with van der Waals surface area (Å²) in [6.07, 6.45) is 0. The molecule has 0 bridgehead atoms. The molecular formula is C15H12BrN3O5. The van der Waals surface area contributed by atoms with E-state index in [4.69, 9.17) is 0 Å². The van der Waals surface area contributed by atoms with E-state index in [1.807, 2.05) is 0 Å². The summed E-state index contributed by atoms with van der Waals surface area (Å²) >= 11 is 3.30. The third kappa shape index (κ3) is 3.57. The minimum Gasteiger partial charge on any atom is -0.322 e. The van der Waals surface area contributed by atoms with Gasteiger partial charge in [0, 0.05) is 22.3 Å². The summed E-state index contributed by atoms with van der Waals surface area (Å²) in [7, 11) is 0. The van der Waals surface area contributed by atoms with E-state index in [-0.39, 0.29) is 11.1 Å². The van der Waals surface area contributed by atoms with Crippen molar-refractivity contribution >= 4 is 38.9 Å². The highest BCUT2D eigenvalue weighted by Gasteiger charge is 2.25. The number of nitrogens with one attached hydrogen (secondary N) is 1. The van der Waals surface area contributed by atoms with E-state index < -0.39 is 27.1 Å². The summed E-state index contributed by atoms with van der Waals surface area (Å²) in [6, 6.07) is 7.24. The molecule has 0 aliphatic heterocycles. The average Bonchev–Trinajstić information content (AvgIpc) is 2.49. The first-order valence-corrected chi connectivity index (χ1v) is 7.51. The first-order valence-electron chi connectivity index (χ1n) is 6.71. The topological polar surface area (TPSA) is 115 Å². The molecule has 1 amide bonds. The number of benzene rings is 2. The third-order valence-corrected chi connectivity index (χ3v) is 3.94. The van der Waals surface area contributed by atoms with Crippen molar-refractivity contribution < 1.29 is 14.6 Å². The van der Waals surface area contributed by atoms with Gasteiger partial charge in [-0.2, -0.15) is 0 Å². The zero-order valence-corrected chi connectivity index (χ0v) is 14.3. The number of hydrogen-bond donors (Lipinski definition) is 1. The van der Waals surface area contributed by atoms with Gasteiger partial charge in [0.15, 0.2) is 0 Å².